The molecule has 0 aliphatic heterocycles. The molecule has 2 rings (SSSR count). The van der Waals surface area contributed by atoms with Gasteiger partial charge in [-0.25, -0.2) is 13.2 Å². The van der Waals surface area contributed by atoms with Crippen LogP contribution in [0.4, 0.5) is 0 Å². The molecule has 0 saturated carbocycles. The standard InChI is InChI=1S/C19H22BrNO5S/c1-4-21(5-2)27(23,24)18-12-15(8-11-17(18)25-3)19(22)26-13-14-6-9-16(20)10-7-14/h6-12H,4-5,13H2,1-3H3. The minimum atomic E-state index is -3.78. The molecule has 0 fully saturated rings. The quantitative estimate of drug-likeness (QED) is 0.565. The van der Waals surface area contributed by atoms with Crippen molar-refractivity contribution < 1.29 is 22.7 Å². The van der Waals surface area contributed by atoms with Crippen LogP contribution in [0.3, 0.4) is 0 Å². The molecule has 6 nitrogen and oxygen atoms in total. The van der Waals surface area contributed by atoms with E-state index in [2.05, 4.69) is 15.9 Å². The summed E-state index contributed by atoms with van der Waals surface area (Å²) in [4.78, 5) is 12.3. The molecule has 0 aliphatic rings. The second kappa shape index (κ2) is 9.34. The Morgan fingerprint density at radius 1 is 1.07 bits per heavy atom. The van der Waals surface area contributed by atoms with E-state index in [1.54, 1.807) is 13.8 Å². The molecule has 0 heterocycles. The van der Waals surface area contributed by atoms with Crippen molar-refractivity contribution in [3.63, 3.8) is 0 Å². The molecule has 0 spiro atoms. The van der Waals surface area contributed by atoms with Crippen molar-refractivity contribution in [1.29, 1.82) is 0 Å². The Bertz CT molecular complexity index is 893. The number of hydrogen-bond donors (Lipinski definition) is 0. The monoisotopic (exact) mass is 455 g/mol. The van der Waals surface area contributed by atoms with E-state index in [-0.39, 0.29) is 22.8 Å². The van der Waals surface area contributed by atoms with Gasteiger partial charge in [0.1, 0.15) is 17.3 Å². The Hall–Kier alpha value is -1.90. The largest absolute Gasteiger partial charge is 0.495 e. The predicted molar refractivity (Wildman–Crippen MR) is 106 cm³/mol. The van der Waals surface area contributed by atoms with Crippen LogP contribution in [-0.2, 0) is 21.4 Å². The highest BCUT2D eigenvalue weighted by Crippen LogP contribution is 2.28. The molecule has 8 heteroatoms. The zero-order valence-corrected chi connectivity index (χ0v) is 17.8. The third kappa shape index (κ3) is 5.09. The van der Waals surface area contributed by atoms with Crippen molar-refractivity contribution in [1.82, 2.24) is 4.31 Å². The van der Waals surface area contributed by atoms with Crippen LogP contribution in [0.25, 0.3) is 0 Å². The molecule has 146 valence electrons. The fraction of sp³-hybridized carbons (Fsp3) is 0.316. The topological polar surface area (TPSA) is 72.9 Å². The Balaban J connectivity index is 2.27. The van der Waals surface area contributed by atoms with Crippen molar-refractivity contribution in [2.24, 2.45) is 0 Å². The molecule has 0 aromatic heterocycles. The average molecular weight is 456 g/mol. The molecule has 0 N–H and O–H groups in total. The molecule has 0 bridgehead atoms. The zero-order valence-electron chi connectivity index (χ0n) is 15.4. The maximum absolute atomic E-state index is 12.8. The van der Waals surface area contributed by atoms with E-state index in [0.717, 1.165) is 10.0 Å². The molecule has 0 radical (unpaired) electrons. The summed E-state index contributed by atoms with van der Waals surface area (Å²) in [5.74, 6) is -0.414. The lowest BCUT2D eigenvalue weighted by Crippen LogP contribution is -2.31. The SMILES string of the molecule is CCN(CC)S(=O)(=O)c1cc(C(=O)OCc2ccc(Br)cc2)ccc1OC. The van der Waals surface area contributed by atoms with Gasteiger partial charge in [0.15, 0.2) is 0 Å². The summed E-state index contributed by atoms with van der Waals surface area (Å²) in [6.45, 7) is 4.24. The Morgan fingerprint density at radius 3 is 2.26 bits per heavy atom. The number of ether oxygens (including phenoxy) is 2. The average Bonchev–Trinajstić information content (AvgIpc) is 2.67. The van der Waals surface area contributed by atoms with Crippen molar-refractivity contribution in [2.45, 2.75) is 25.3 Å². The number of carbonyl (C=O) groups is 1. The van der Waals surface area contributed by atoms with E-state index < -0.39 is 16.0 Å². The van der Waals surface area contributed by atoms with E-state index in [9.17, 15) is 13.2 Å². The molecule has 2 aromatic carbocycles. The molecule has 0 unspecified atom stereocenters. The maximum atomic E-state index is 12.8. The van der Waals surface area contributed by atoms with Crippen LogP contribution >= 0.6 is 15.9 Å². The van der Waals surface area contributed by atoms with Gasteiger partial charge in [0.2, 0.25) is 10.0 Å². The van der Waals surface area contributed by atoms with E-state index in [1.165, 1.54) is 29.6 Å². The lowest BCUT2D eigenvalue weighted by Gasteiger charge is -2.20. The van der Waals surface area contributed by atoms with Gasteiger partial charge in [0.05, 0.1) is 12.7 Å². The maximum Gasteiger partial charge on any atom is 0.338 e. The third-order valence-corrected chi connectivity index (χ3v) is 6.61. The Kier molecular flexibility index (Phi) is 7.41. The molecular formula is C19H22BrNO5S. The number of hydrogen-bond acceptors (Lipinski definition) is 5. The summed E-state index contributed by atoms with van der Waals surface area (Å²) < 4.78 is 38.4. The summed E-state index contributed by atoms with van der Waals surface area (Å²) in [7, 11) is -2.39. The van der Waals surface area contributed by atoms with Gasteiger partial charge in [-0.3, -0.25) is 0 Å². The first-order valence-electron chi connectivity index (χ1n) is 8.43. The second-order valence-corrected chi connectivity index (χ2v) is 8.48. The van der Waals surface area contributed by atoms with E-state index in [4.69, 9.17) is 9.47 Å². The number of halogens is 1. The van der Waals surface area contributed by atoms with Crippen LogP contribution in [0.15, 0.2) is 51.8 Å². The van der Waals surface area contributed by atoms with Crippen LogP contribution in [0.2, 0.25) is 0 Å². The smallest absolute Gasteiger partial charge is 0.338 e. The van der Waals surface area contributed by atoms with Crippen LogP contribution in [0.1, 0.15) is 29.8 Å². The number of sulfonamides is 1. The number of nitrogens with zero attached hydrogens (tertiary/aromatic N) is 1. The van der Waals surface area contributed by atoms with Crippen molar-refractivity contribution in [3.05, 3.63) is 58.1 Å². The normalized spacial score (nSPS) is 11.4. The zero-order chi connectivity index (χ0) is 20.0. The highest BCUT2D eigenvalue weighted by atomic mass is 79.9. The lowest BCUT2D eigenvalue weighted by molar-refractivity contribution is 0.0472. The summed E-state index contributed by atoms with van der Waals surface area (Å²) in [6, 6.07) is 11.6. The Labute approximate surface area is 168 Å². The fourth-order valence-corrected chi connectivity index (χ4v) is 4.42. The molecule has 0 amide bonds. The number of rotatable bonds is 8. The van der Waals surface area contributed by atoms with Gasteiger partial charge in [-0.15, -0.1) is 0 Å². The van der Waals surface area contributed by atoms with Gasteiger partial charge >= 0.3 is 5.97 Å². The van der Waals surface area contributed by atoms with Gasteiger partial charge in [-0.2, -0.15) is 4.31 Å². The van der Waals surface area contributed by atoms with Crippen LogP contribution in [0.5, 0.6) is 5.75 Å². The number of methoxy groups -OCH3 is 1. The second-order valence-electron chi connectivity index (χ2n) is 5.66. The highest BCUT2D eigenvalue weighted by Gasteiger charge is 2.27. The summed E-state index contributed by atoms with van der Waals surface area (Å²) in [5, 5.41) is 0. The van der Waals surface area contributed by atoms with Crippen molar-refractivity contribution >= 4 is 31.9 Å². The van der Waals surface area contributed by atoms with E-state index >= 15 is 0 Å². The molecule has 0 saturated heterocycles. The summed E-state index contributed by atoms with van der Waals surface area (Å²) in [6.07, 6.45) is 0. The molecular weight excluding hydrogens is 434 g/mol. The number of benzene rings is 2. The minimum Gasteiger partial charge on any atom is -0.495 e. The van der Waals surface area contributed by atoms with Crippen LogP contribution < -0.4 is 4.74 Å². The lowest BCUT2D eigenvalue weighted by atomic mass is 10.2. The van der Waals surface area contributed by atoms with Gasteiger partial charge in [0, 0.05) is 17.6 Å². The number of carbonyl (C=O) groups excluding carboxylic acids is 1. The minimum absolute atomic E-state index is 0.0493. The Morgan fingerprint density at radius 2 is 1.70 bits per heavy atom. The van der Waals surface area contributed by atoms with E-state index in [1.807, 2.05) is 24.3 Å². The summed E-state index contributed by atoms with van der Waals surface area (Å²) >= 11 is 3.35. The molecule has 2 aromatic rings. The highest BCUT2D eigenvalue weighted by molar-refractivity contribution is 9.10. The summed E-state index contributed by atoms with van der Waals surface area (Å²) in [5.41, 5.74) is 0.981. The van der Waals surface area contributed by atoms with Gasteiger partial charge in [-0.1, -0.05) is 41.9 Å². The van der Waals surface area contributed by atoms with E-state index in [0.29, 0.717) is 13.1 Å². The van der Waals surface area contributed by atoms with Gasteiger partial charge in [0.25, 0.3) is 0 Å². The first kappa shape index (κ1) is 21.4. The fourth-order valence-electron chi connectivity index (χ4n) is 2.52. The molecule has 0 atom stereocenters. The predicted octanol–water partition coefficient (Wildman–Crippen LogP) is 3.85. The van der Waals surface area contributed by atoms with Crippen molar-refractivity contribution in [3.8, 4) is 5.75 Å². The van der Waals surface area contributed by atoms with Crippen molar-refractivity contribution in [2.75, 3.05) is 20.2 Å². The molecule has 27 heavy (non-hydrogen) atoms. The van der Waals surface area contributed by atoms with Gasteiger partial charge < -0.3 is 9.47 Å². The number of esters is 1. The first-order valence-corrected chi connectivity index (χ1v) is 10.7. The van der Waals surface area contributed by atoms with Gasteiger partial charge in [-0.05, 0) is 35.9 Å². The third-order valence-electron chi connectivity index (χ3n) is 4.01. The first-order chi connectivity index (χ1) is 12.8. The van der Waals surface area contributed by atoms with Crippen LogP contribution in [0, 0.1) is 0 Å². The van der Waals surface area contributed by atoms with Crippen LogP contribution in [-0.4, -0.2) is 38.9 Å². The molecule has 0 aliphatic carbocycles.